The van der Waals surface area contributed by atoms with Gasteiger partial charge >= 0.3 is 169 Å². The Morgan fingerprint density at radius 3 is 1.14 bits per heavy atom. The van der Waals surface area contributed by atoms with Crippen LogP contribution in [0.2, 0.25) is 0 Å². The van der Waals surface area contributed by atoms with Gasteiger partial charge in [-0.25, -0.2) is 0 Å². The summed E-state index contributed by atoms with van der Waals surface area (Å²) in [5.41, 5.74) is 0.122. The van der Waals surface area contributed by atoms with E-state index in [1.54, 1.807) is 12.1 Å². The molecule has 4 rings (SSSR count). The van der Waals surface area contributed by atoms with Crippen LogP contribution < -0.4 is 14.0 Å². The fourth-order valence-electron chi connectivity index (χ4n) is 3.65. The Morgan fingerprint density at radius 2 is 0.821 bits per heavy atom. The molecule has 0 unspecified atom stereocenters. The summed E-state index contributed by atoms with van der Waals surface area (Å²) in [4.78, 5) is 10.9. The Labute approximate surface area is 168 Å². The molecular weight excluding hydrogens is 456 g/mol. The Morgan fingerprint density at radius 1 is 0.500 bits per heavy atom. The van der Waals surface area contributed by atoms with E-state index in [2.05, 4.69) is 72.8 Å². The third-order valence-electron chi connectivity index (χ3n) is 4.88. The van der Waals surface area contributed by atoms with Crippen molar-refractivity contribution in [3.8, 4) is 0 Å². The number of nitro groups is 1. The number of nitrogens with zero attached hydrogens (tertiary/aromatic N) is 1. The van der Waals surface area contributed by atoms with Gasteiger partial charge in [0.2, 0.25) is 0 Å². The van der Waals surface area contributed by atoms with Gasteiger partial charge in [-0.2, -0.15) is 0 Å². The maximum atomic E-state index is 11.2. The van der Waals surface area contributed by atoms with E-state index in [1.807, 2.05) is 30.3 Å². The van der Waals surface area contributed by atoms with E-state index < -0.39 is 18.8 Å². The van der Waals surface area contributed by atoms with Gasteiger partial charge in [0.15, 0.2) is 0 Å². The van der Waals surface area contributed by atoms with Gasteiger partial charge in [-0.15, -0.1) is 0 Å². The molecule has 0 aromatic heterocycles. The second-order valence-corrected chi connectivity index (χ2v) is 16.2. The third kappa shape index (κ3) is 3.23. The molecule has 0 aliphatic carbocycles. The van der Waals surface area contributed by atoms with Crippen LogP contribution in [0.4, 0.5) is 5.69 Å². The molecule has 0 saturated carbocycles. The van der Waals surface area contributed by atoms with Gasteiger partial charge in [0, 0.05) is 0 Å². The zero-order valence-corrected chi connectivity index (χ0v) is 17.7. The molecule has 1 radical (unpaired) electrons. The van der Waals surface area contributed by atoms with Crippen LogP contribution in [0.15, 0.2) is 115 Å². The summed E-state index contributed by atoms with van der Waals surface area (Å²) >= 11 is -3.46. The van der Waals surface area contributed by atoms with Gasteiger partial charge in [0.05, 0.1) is 0 Å². The zero-order chi connectivity index (χ0) is 19.4. The molecule has 28 heavy (non-hydrogen) atoms. The summed E-state index contributed by atoms with van der Waals surface area (Å²) in [7, 11) is 0. The van der Waals surface area contributed by atoms with Crippen LogP contribution in [-0.2, 0) is 0 Å². The minimum atomic E-state index is -3.46. The molecule has 137 valence electrons. The maximum absolute atomic E-state index is 11.2. The van der Waals surface area contributed by atoms with Crippen molar-refractivity contribution in [3.05, 3.63) is 125 Å². The molecule has 0 N–H and O–H groups in total. The van der Waals surface area contributed by atoms with Crippen LogP contribution in [-0.4, -0.2) is 23.7 Å². The van der Waals surface area contributed by atoms with Crippen molar-refractivity contribution in [3.63, 3.8) is 0 Å². The van der Waals surface area contributed by atoms with Gasteiger partial charge in [0.1, 0.15) is 0 Å². The van der Waals surface area contributed by atoms with Gasteiger partial charge < -0.3 is 0 Å². The zero-order valence-electron chi connectivity index (χ0n) is 15.2. The Bertz CT molecular complexity index is 969. The fourth-order valence-corrected chi connectivity index (χ4v) is 15.8. The second-order valence-electron chi connectivity index (χ2n) is 6.45. The Hall–Kier alpha value is -2.90. The van der Waals surface area contributed by atoms with Crippen LogP contribution in [0.1, 0.15) is 0 Å². The van der Waals surface area contributed by atoms with Crippen molar-refractivity contribution in [2.45, 2.75) is 0 Å². The summed E-state index contributed by atoms with van der Waals surface area (Å²) in [6.07, 6.45) is 0. The second kappa shape index (κ2) is 8.00. The fraction of sp³-hybridized carbons (Fsp3) is 0. The molecule has 4 aromatic rings. The van der Waals surface area contributed by atoms with Crippen LogP contribution in [0.25, 0.3) is 0 Å². The topological polar surface area (TPSA) is 43.1 Å². The number of benzene rings is 4. The number of non-ortho nitro benzene ring substituents is 1. The average Bonchev–Trinajstić information content (AvgIpc) is 2.77. The van der Waals surface area contributed by atoms with Crippen molar-refractivity contribution in [1.29, 1.82) is 0 Å². The summed E-state index contributed by atoms with van der Waals surface area (Å²) < 4.78 is 5.12. The van der Waals surface area contributed by atoms with E-state index in [0.717, 1.165) is 0 Å². The van der Waals surface area contributed by atoms with Crippen molar-refractivity contribution in [2.24, 2.45) is 0 Å². The van der Waals surface area contributed by atoms with Crippen molar-refractivity contribution < 1.29 is 4.92 Å². The third-order valence-corrected chi connectivity index (χ3v) is 17.1. The quantitative estimate of drug-likeness (QED) is 0.253. The van der Waals surface area contributed by atoms with Gasteiger partial charge in [-0.3, -0.25) is 0 Å². The monoisotopic (exact) mass is 474 g/mol. The molecule has 0 amide bonds. The van der Waals surface area contributed by atoms with E-state index in [9.17, 15) is 10.1 Å². The number of rotatable bonds is 5. The first-order chi connectivity index (χ1) is 13.7. The van der Waals surface area contributed by atoms with Crippen LogP contribution >= 0.6 is 0 Å². The number of hydrogen-bond acceptors (Lipinski definition) is 2. The van der Waals surface area contributed by atoms with E-state index >= 15 is 0 Å². The van der Waals surface area contributed by atoms with Crippen LogP contribution in [0.5, 0.6) is 0 Å². The van der Waals surface area contributed by atoms with Crippen molar-refractivity contribution in [1.82, 2.24) is 0 Å². The van der Waals surface area contributed by atoms with Crippen molar-refractivity contribution in [2.75, 3.05) is 0 Å². The first kappa shape index (κ1) is 18.5. The molecule has 4 aromatic carbocycles. The Balaban J connectivity index is 2.08. The molecule has 0 saturated heterocycles. The molecular formula is C24H19NO2Sb. The number of nitro benzene ring substituents is 1. The molecule has 0 heterocycles. The van der Waals surface area contributed by atoms with Crippen LogP contribution in [0.3, 0.4) is 0 Å². The van der Waals surface area contributed by atoms with E-state index in [1.165, 1.54) is 14.0 Å². The molecule has 0 fully saturated rings. The summed E-state index contributed by atoms with van der Waals surface area (Å²) in [6.45, 7) is 0. The molecule has 0 spiro atoms. The summed E-state index contributed by atoms with van der Waals surface area (Å²) in [5, 5.41) is 11.2. The predicted molar refractivity (Wildman–Crippen MR) is 117 cm³/mol. The summed E-state index contributed by atoms with van der Waals surface area (Å²) in [5.74, 6) is 0. The Kier molecular flexibility index (Phi) is 5.27. The molecule has 0 bridgehead atoms. The molecule has 0 aliphatic heterocycles. The predicted octanol–water partition coefficient (Wildman–Crippen LogP) is 2.97. The molecule has 3 nitrogen and oxygen atoms in total. The van der Waals surface area contributed by atoms with Gasteiger partial charge in [-0.1, -0.05) is 0 Å². The van der Waals surface area contributed by atoms with Crippen LogP contribution in [0, 0.1) is 10.1 Å². The van der Waals surface area contributed by atoms with E-state index in [-0.39, 0.29) is 10.6 Å². The first-order valence-corrected chi connectivity index (χ1v) is 14.1. The molecule has 0 aliphatic rings. The normalized spacial score (nSPS) is 11.1. The molecule has 4 heteroatoms. The average molecular weight is 475 g/mol. The summed E-state index contributed by atoms with van der Waals surface area (Å²) in [6, 6.07) is 39.0. The number of hydrogen-bond donors (Lipinski definition) is 0. The van der Waals surface area contributed by atoms with E-state index in [0.29, 0.717) is 0 Å². The van der Waals surface area contributed by atoms with E-state index in [4.69, 9.17) is 0 Å². The first-order valence-electron chi connectivity index (χ1n) is 9.04. The SMILES string of the molecule is O=[N+]([O-])c1cc[c]([Sb]([c]2ccccc2)([c]2ccccc2)[c]2ccccc2)cc1. The van der Waals surface area contributed by atoms with Crippen molar-refractivity contribution >= 4 is 38.5 Å². The minimum absolute atomic E-state index is 0.122. The standard InChI is InChI=1S/C6H4NO2.3C6H5.Sb/c8-7(9)6-4-2-1-3-5-6;3*1-2-4-6-5-3-1;/h2-5H;3*1-5H;. The van der Waals surface area contributed by atoms with Gasteiger partial charge in [0.25, 0.3) is 0 Å². The van der Waals surface area contributed by atoms with Gasteiger partial charge in [-0.05, 0) is 0 Å². The molecule has 0 atom stereocenters.